The van der Waals surface area contributed by atoms with Crippen molar-refractivity contribution in [3.63, 3.8) is 0 Å². The van der Waals surface area contributed by atoms with Crippen molar-refractivity contribution >= 4 is 0 Å². The molecule has 2 rings (SSSR count). The number of hydrogen-bond acceptors (Lipinski definition) is 2. The Morgan fingerprint density at radius 2 is 2.12 bits per heavy atom. The normalized spacial score (nSPS) is 21.1. The Kier molecular flexibility index (Phi) is 3.79. The Labute approximate surface area is 101 Å². The lowest BCUT2D eigenvalue weighted by molar-refractivity contribution is -0.0530. The average Bonchev–Trinajstić information content (AvgIpc) is 2.29. The van der Waals surface area contributed by atoms with Gasteiger partial charge in [-0.05, 0) is 43.4 Å². The summed E-state index contributed by atoms with van der Waals surface area (Å²) in [6.07, 6.45) is 2.25. The first-order chi connectivity index (χ1) is 8.08. The second-order valence-electron chi connectivity index (χ2n) is 5.05. The minimum Gasteiger partial charge on any atom is -0.390 e. The van der Waals surface area contributed by atoms with Gasteiger partial charge in [-0.2, -0.15) is 0 Å². The van der Waals surface area contributed by atoms with Crippen LogP contribution in [0.4, 0.5) is 4.39 Å². The van der Waals surface area contributed by atoms with Crippen LogP contribution < -0.4 is 0 Å². The third-order valence-electron chi connectivity index (χ3n) is 3.55. The highest BCUT2D eigenvalue weighted by Crippen LogP contribution is 2.30. The summed E-state index contributed by atoms with van der Waals surface area (Å²) in [6, 6.07) is 6.46. The Bertz CT molecular complexity index is 370. The predicted octanol–water partition coefficient (Wildman–Crippen LogP) is 2.55. The number of hydrogen-bond donors (Lipinski definition) is 1. The molecule has 3 heteroatoms. The zero-order valence-corrected chi connectivity index (χ0v) is 10.2. The molecule has 0 aliphatic carbocycles. The van der Waals surface area contributed by atoms with Gasteiger partial charge in [0, 0.05) is 19.6 Å². The maximum atomic E-state index is 13.1. The molecule has 0 spiro atoms. The molecule has 0 aromatic heterocycles. The van der Waals surface area contributed by atoms with Crippen LogP contribution in [-0.4, -0.2) is 23.9 Å². The van der Waals surface area contributed by atoms with E-state index in [1.54, 1.807) is 6.07 Å². The summed E-state index contributed by atoms with van der Waals surface area (Å²) in [5, 5.41) is 10.5. The predicted molar refractivity (Wildman–Crippen MR) is 64.3 cm³/mol. The molecule has 17 heavy (non-hydrogen) atoms. The van der Waals surface area contributed by atoms with Crippen molar-refractivity contribution in [1.82, 2.24) is 0 Å². The molecule has 1 aliphatic heterocycles. The van der Waals surface area contributed by atoms with Gasteiger partial charge in [-0.25, -0.2) is 4.39 Å². The van der Waals surface area contributed by atoms with Crippen molar-refractivity contribution in [3.05, 3.63) is 35.6 Å². The Hall–Kier alpha value is -0.930. The van der Waals surface area contributed by atoms with Gasteiger partial charge in [0.15, 0.2) is 0 Å². The minimum absolute atomic E-state index is 0.236. The van der Waals surface area contributed by atoms with Crippen molar-refractivity contribution in [2.24, 2.45) is 5.92 Å². The van der Waals surface area contributed by atoms with Crippen LogP contribution in [0.1, 0.15) is 25.3 Å². The molecule has 1 atom stereocenters. The van der Waals surface area contributed by atoms with Crippen LogP contribution in [0.5, 0.6) is 0 Å². The maximum Gasteiger partial charge on any atom is 0.123 e. The molecule has 1 aliphatic rings. The maximum absolute atomic E-state index is 13.1. The molecule has 1 aromatic carbocycles. The second-order valence-corrected chi connectivity index (χ2v) is 5.05. The fourth-order valence-corrected chi connectivity index (χ4v) is 2.52. The largest absolute Gasteiger partial charge is 0.390 e. The van der Waals surface area contributed by atoms with E-state index in [-0.39, 0.29) is 11.7 Å². The zero-order valence-electron chi connectivity index (χ0n) is 10.2. The fraction of sp³-hybridized carbons (Fsp3) is 0.571. The first kappa shape index (κ1) is 12.5. The number of benzene rings is 1. The van der Waals surface area contributed by atoms with Crippen molar-refractivity contribution < 1.29 is 14.2 Å². The van der Waals surface area contributed by atoms with Crippen LogP contribution in [0.25, 0.3) is 0 Å². The smallest absolute Gasteiger partial charge is 0.123 e. The summed E-state index contributed by atoms with van der Waals surface area (Å²) in [7, 11) is 0. The van der Waals surface area contributed by atoms with E-state index >= 15 is 0 Å². The SMILES string of the molecule is CC(O)(Cc1cccc(F)c1)C1CCOCC1. The second kappa shape index (κ2) is 5.15. The molecule has 0 radical (unpaired) electrons. The quantitative estimate of drug-likeness (QED) is 0.877. The Morgan fingerprint density at radius 3 is 2.76 bits per heavy atom. The monoisotopic (exact) mass is 238 g/mol. The van der Waals surface area contributed by atoms with Gasteiger partial charge < -0.3 is 9.84 Å². The number of halogens is 1. The summed E-state index contributed by atoms with van der Waals surface area (Å²) >= 11 is 0. The van der Waals surface area contributed by atoms with Crippen molar-refractivity contribution in [1.29, 1.82) is 0 Å². The molecular formula is C14H19FO2. The van der Waals surface area contributed by atoms with Gasteiger partial charge >= 0.3 is 0 Å². The van der Waals surface area contributed by atoms with E-state index in [1.165, 1.54) is 12.1 Å². The molecule has 0 saturated carbocycles. The highest BCUT2D eigenvalue weighted by Gasteiger charge is 2.33. The van der Waals surface area contributed by atoms with Crippen LogP contribution in [0.15, 0.2) is 24.3 Å². The Balaban J connectivity index is 2.05. The molecule has 1 fully saturated rings. The van der Waals surface area contributed by atoms with Crippen molar-refractivity contribution in [3.8, 4) is 0 Å². The highest BCUT2D eigenvalue weighted by molar-refractivity contribution is 5.18. The topological polar surface area (TPSA) is 29.5 Å². The molecule has 94 valence electrons. The molecule has 1 N–H and O–H groups in total. The molecule has 1 unspecified atom stereocenters. The highest BCUT2D eigenvalue weighted by atomic mass is 19.1. The van der Waals surface area contributed by atoms with Gasteiger partial charge in [0.05, 0.1) is 5.60 Å². The van der Waals surface area contributed by atoms with Crippen LogP contribution in [0.2, 0.25) is 0 Å². The van der Waals surface area contributed by atoms with Gasteiger partial charge in [-0.3, -0.25) is 0 Å². The molecule has 0 amide bonds. The van der Waals surface area contributed by atoms with Crippen LogP contribution >= 0.6 is 0 Å². The Morgan fingerprint density at radius 1 is 1.41 bits per heavy atom. The summed E-state index contributed by atoms with van der Waals surface area (Å²) in [5.41, 5.74) is 0.0684. The number of aliphatic hydroxyl groups is 1. The molecule has 0 bridgehead atoms. The molecule has 1 saturated heterocycles. The van der Waals surface area contributed by atoms with E-state index in [0.717, 1.165) is 18.4 Å². The molecule has 2 nitrogen and oxygen atoms in total. The van der Waals surface area contributed by atoms with E-state index in [1.807, 2.05) is 13.0 Å². The standard InChI is InChI=1S/C14H19FO2/c1-14(16,12-5-7-17-8-6-12)10-11-3-2-4-13(15)9-11/h2-4,9,12,16H,5-8,10H2,1H3. The van der Waals surface area contributed by atoms with Crippen LogP contribution in [-0.2, 0) is 11.2 Å². The van der Waals surface area contributed by atoms with E-state index in [2.05, 4.69) is 0 Å². The molecule has 1 heterocycles. The van der Waals surface area contributed by atoms with E-state index < -0.39 is 5.60 Å². The molecular weight excluding hydrogens is 219 g/mol. The van der Waals surface area contributed by atoms with Gasteiger partial charge in [0.2, 0.25) is 0 Å². The van der Waals surface area contributed by atoms with E-state index in [4.69, 9.17) is 4.74 Å². The summed E-state index contributed by atoms with van der Waals surface area (Å²) in [5.74, 6) is -0.00945. The average molecular weight is 238 g/mol. The van der Waals surface area contributed by atoms with Crippen molar-refractivity contribution in [2.75, 3.05) is 13.2 Å². The summed E-state index contributed by atoms with van der Waals surface area (Å²) in [6.45, 7) is 3.27. The fourth-order valence-electron chi connectivity index (χ4n) is 2.52. The summed E-state index contributed by atoms with van der Waals surface area (Å²) in [4.78, 5) is 0. The third-order valence-corrected chi connectivity index (χ3v) is 3.55. The van der Waals surface area contributed by atoms with Crippen LogP contribution in [0, 0.1) is 11.7 Å². The summed E-state index contributed by atoms with van der Waals surface area (Å²) < 4.78 is 18.4. The zero-order chi connectivity index (χ0) is 12.3. The minimum atomic E-state index is -0.780. The first-order valence-electron chi connectivity index (χ1n) is 6.12. The van der Waals surface area contributed by atoms with Crippen molar-refractivity contribution in [2.45, 2.75) is 31.8 Å². The number of ether oxygens (including phenoxy) is 1. The van der Waals surface area contributed by atoms with Gasteiger partial charge in [0.1, 0.15) is 5.82 Å². The van der Waals surface area contributed by atoms with E-state index in [0.29, 0.717) is 19.6 Å². The van der Waals surface area contributed by atoms with Crippen LogP contribution in [0.3, 0.4) is 0 Å². The lowest BCUT2D eigenvalue weighted by Crippen LogP contribution is -2.40. The lowest BCUT2D eigenvalue weighted by Gasteiger charge is -2.35. The third kappa shape index (κ3) is 3.27. The molecule has 1 aromatic rings. The number of rotatable bonds is 3. The first-order valence-corrected chi connectivity index (χ1v) is 6.12. The van der Waals surface area contributed by atoms with E-state index in [9.17, 15) is 9.50 Å². The van der Waals surface area contributed by atoms with Gasteiger partial charge in [-0.1, -0.05) is 12.1 Å². The van der Waals surface area contributed by atoms with Gasteiger partial charge in [0.25, 0.3) is 0 Å². The van der Waals surface area contributed by atoms with Gasteiger partial charge in [-0.15, -0.1) is 0 Å². The lowest BCUT2D eigenvalue weighted by atomic mass is 9.79.